The summed E-state index contributed by atoms with van der Waals surface area (Å²) in [6.07, 6.45) is 0.853. The highest BCUT2D eigenvalue weighted by Gasteiger charge is 2.28. The second kappa shape index (κ2) is 8.66. The molecule has 0 saturated carbocycles. The van der Waals surface area contributed by atoms with Crippen LogP contribution in [0.2, 0.25) is 0 Å². The van der Waals surface area contributed by atoms with Crippen LogP contribution < -0.4 is 9.46 Å². The van der Waals surface area contributed by atoms with Crippen molar-refractivity contribution in [2.75, 3.05) is 13.1 Å². The second-order valence-corrected chi connectivity index (χ2v) is 8.09. The van der Waals surface area contributed by atoms with Crippen LogP contribution in [0.25, 0.3) is 0 Å². The molecule has 0 aromatic heterocycles. The lowest BCUT2D eigenvalue weighted by Gasteiger charge is -2.32. The van der Waals surface area contributed by atoms with E-state index in [2.05, 4.69) is 9.46 Å². The minimum Gasteiger partial charge on any atom is -0.434 e. The molecule has 1 heterocycles. The number of benzene rings is 2. The third-order valence-electron chi connectivity index (χ3n) is 4.49. The van der Waals surface area contributed by atoms with Crippen molar-refractivity contribution in [3.63, 3.8) is 0 Å². The number of alkyl halides is 2. The van der Waals surface area contributed by atoms with Gasteiger partial charge in [-0.05, 0) is 37.1 Å². The third-order valence-corrected chi connectivity index (χ3v) is 6.03. The first-order valence-electron chi connectivity index (χ1n) is 8.77. The van der Waals surface area contributed by atoms with Gasteiger partial charge in [-0.3, -0.25) is 4.79 Å². The molecule has 1 saturated heterocycles. The van der Waals surface area contributed by atoms with Crippen molar-refractivity contribution in [2.24, 2.45) is 0 Å². The van der Waals surface area contributed by atoms with Crippen LogP contribution in [0.4, 0.5) is 8.78 Å². The number of amides is 1. The topological polar surface area (TPSA) is 75.7 Å². The SMILES string of the molecule is O=C(c1ccccc1OC(F)F)N1CCC(NS(=O)(=O)c2ccccc2)CC1. The summed E-state index contributed by atoms with van der Waals surface area (Å²) in [5.74, 6) is -0.588. The van der Waals surface area contributed by atoms with E-state index < -0.39 is 22.5 Å². The number of piperidine rings is 1. The Morgan fingerprint density at radius 3 is 2.29 bits per heavy atom. The fourth-order valence-electron chi connectivity index (χ4n) is 3.10. The molecule has 0 radical (unpaired) electrons. The van der Waals surface area contributed by atoms with Crippen molar-refractivity contribution in [1.29, 1.82) is 0 Å². The molecule has 0 unspecified atom stereocenters. The summed E-state index contributed by atoms with van der Waals surface area (Å²) in [7, 11) is -3.63. The Morgan fingerprint density at radius 1 is 1.04 bits per heavy atom. The van der Waals surface area contributed by atoms with Crippen LogP contribution in [0.5, 0.6) is 5.75 Å². The molecule has 150 valence electrons. The summed E-state index contributed by atoms with van der Waals surface area (Å²) in [5.41, 5.74) is 0.0612. The van der Waals surface area contributed by atoms with Crippen molar-refractivity contribution in [2.45, 2.75) is 30.4 Å². The molecule has 0 aliphatic carbocycles. The van der Waals surface area contributed by atoms with Crippen molar-refractivity contribution in [3.8, 4) is 5.75 Å². The number of hydrogen-bond donors (Lipinski definition) is 1. The Labute approximate surface area is 162 Å². The van der Waals surface area contributed by atoms with Gasteiger partial charge in [-0.15, -0.1) is 0 Å². The summed E-state index contributed by atoms with van der Waals surface area (Å²) in [6.45, 7) is -2.40. The summed E-state index contributed by atoms with van der Waals surface area (Å²) in [6, 6.07) is 13.6. The zero-order valence-corrected chi connectivity index (χ0v) is 15.7. The average Bonchev–Trinajstić information content (AvgIpc) is 2.68. The van der Waals surface area contributed by atoms with Gasteiger partial charge >= 0.3 is 6.61 Å². The highest BCUT2D eigenvalue weighted by atomic mass is 32.2. The molecule has 1 aliphatic heterocycles. The third kappa shape index (κ3) is 4.85. The van der Waals surface area contributed by atoms with Crippen LogP contribution >= 0.6 is 0 Å². The first kappa shape index (κ1) is 20.2. The van der Waals surface area contributed by atoms with Gasteiger partial charge in [0, 0.05) is 19.1 Å². The van der Waals surface area contributed by atoms with Crippen LogP contribution in [-0.2, 0) is 10.0 Å². The fraction of sp³-hybridized carbons (Fsp3) is 0.316. The van der Waals surface area contributed by atoms with Gasteiger partial charge in [-0.2, -0.15) is 8.78 Å². The van der Waals surface area contributed by atoms with Crippen LogP contribution in [-0.4, -0.2) is 45.0 Å². The number of carbonyl (C=O) groups excluding carboxylic acids is 1. The van der Waals surface area contributed by atoms with Crippen LogP contribution in [0.15, 0.2) is 59.5 Å². The molecule has 1 fully saturated rings. The normalized spacial score (nSPS) is 15.6. The van der Waals surface area contributed by atoms with Gasteiger partial charge in [-0.25, -0.2) is 13.1 Å². The zero-order valence-electron chi connectivity index (χ0n) is 14.9. The molecule has 9 heteroatoms. The van der Waals surface area contributed by atoms with E-state index in [4.69, 9.17) is 0 Å². The first-order valence-corrected chi connectivity index (χ1v) is 10.3. The Hall–Kier alpha value is -2.52. The molecule has 0 spiro atoms. The van der Waals surface area contributed by atoms with Crippen molar-refractivity contribution >= 4 is 15.9 Å². The summed E-state index contributed by atoms with van der Waals surface area (Å²) < 4.78 is 57.0. The van der Waals surface area contributed by atoms with Gasteiger partial charge in [-0.1, -0.05) is 30.3 Å². The Kier molecular flexibility index (Phi) is 6.25. The lowest BCUT2D eigenvalue weighted by Crippen LogP contribution is -2.46. The van der Waals surface area contributed by atoms with Gasteiger partial charge in [0.1, 0.15) is 5.75 Å². The molecule has 28 heavy (non-hydrogen) atoms. The highest BCUT2D eigenvalue weighted by Crippen LogP contribution is 2.24. The number of para-hydroxylation sites is 1. The maximum Gasteiger partial charge on any atom is 0.387 e. The largest absolute Gasteiger partial charge is 0.434 e. The van der Waals surface area contributed by atoms with Crippen LogP contribution in [0.3, 0.4) is 0 Å². The van der Waals surface area contributed by atoms with E-state index in [9.17, 15) is 22.0 Å². The van der Waals surface area contributed by atoms with Gasteiger partial charge in [0.2, 0.25) is 10.0 Å². The first-order chi connectivity index (χ1) is 13.4. The van der Waals surface area contributed by atoms with Crippen molar-refractivity contribution in [3.05, 3.63) is 60.2 Å². The van der Waals surface area contributed by atoms with Gasteiger partial charge < -0.3 is 9.64 Å². The maximum atomic E-state index is 12.7. The van der Waals surface area contributed by atoms with Crippen molar-refractivity contribution in [1.82, 2.24) is 9.62 Å². The van der Waals surface area contributed by atoms with Crippen LogP contribution in [0.1, 0.15) is 23.2 Å². The Balaban J connectivity index is 1.62. The lowest BCUT2D eigenvalue weighted by atomic mass is 10.0. The standard InChI is InChI=1S/C19H20F2N2O4S/c20-19(21)27-17-9-5-4-8-16(17)18(24)23-12-10-14(11-13-23)22-28(25,26)15-6-2-1-3-7-15/h1-9,14,19,22H,10-13H2. The molecular weight excluding hydrogens is 390 g/mol. The Morgan fingerprint density at radius 2 is 1.64 bits per heavy atom. The number of halogens is 2. The lowest BCUT2D eigenvalue weighted by molar-refractivity contribution is -0.0503. The average molecular weight is 410 g/mol. The molecule has 1 amide bonds. The molecule has 0 atom stereocenters. The monoisotopic (exact) mass is 410 g/mol. The smallest absolute Gasteiger partial charge is 0.387 e. The molecule has 6 nitrogen and oxygen atoms in total. The number of likely N-dealkylation sites (tertiary alicyclic amines) is 1. The molecular formula is C19H20F2N2O4S. The van der Waals surface area contributed by atoms with Crippen LogP contribution in [0, 0.1) is 0 Å². The molecule has 1 N–H and O–H groups in total. The predicted molar refractivity (Wildman–Crippen MR) is 98.8 cm³/mol. The van der Waals surface area contributed by atoms with E-state index in [0.717, 1.165) is 0 Å². The minimum atomic E-state index is -3.63. The molecule has 1 aliphatic rings. The molecule has 2 aromatic rings. The van der Waals surface area contributed by atoms with E-state index in [1.54, 1.807) is 24.3 Å². The van der Waals surface area contributed by atoms with E-state index in [0.29, 0.717) is 25.9 Å². The maximum absolute atomic E-state index is 12.7. The number of ether oxygens (including phenoxy) is 1. The van der Waals surface area contributed by atoms with Gasteiger partial charge in [0.25, 0.3) is 5.91 Å². The summed E-state index contributed by atoms with van der Waals surface area (Å²) >= 11 is 0. The molecule has 2 aromatic carbocycles. The number of rotatable bonds is 6. The summed E-state index contributed by atoms with van der Waals surface area (Å²) in [4.78, 5) is 14.4. The van der Waals surface area contributed by atoms with E-state index in [-0.39, 0.29) is 22.3 Å². The number of hydrogen-bond acceptors (Lipinski definition) is 4. The fourth-order valence-corrected chi connectivity index (χ4v) is 4.43. The van der Waals surface area contributed by atoms with Crippen molar-refractivity contribution < 1.29 is 26.7 Å². The summed E-state index contributed by atoms with van der Waals surface area (Å²) in [5, 5.41) is 0. The van der Waals surface area contributed by atoms with Gasteiger partial charge in [0.05, 0.1) is 10.5 Å². The Bertz CT molecular complexity index is 915. The molecule has 0 bridgehead atoms. The number of nitrogens with one attached hydrogen (secondary N) is 1. The number of sulfonamides is 1. The minimum absolute atomic E-state index is 0.0612. The number of nitrogens with zero attached hydrogens (tertiary/aromatic N) is 1. The second-order valence-electron chi connectivity index (χ2n) is 6.38. The van der Waals surface area contributed by atoms with E-state index in [1.807, 2.05) is 0 Å². The predicted octanol–water partition coefficient (Wildman–Crippen LogP) is 2.87. The number of carbonyl (C=O) groups is 1. The van der Waals surface area contributed by atoms with E-state index >= 15 is 0 Å². The van der Waals surface area contributed by atoms with Gasteiger partial charge in [0.15, 0.2) is 0 Å². The zero-order chi connectivity index (χ0) is 20.1. The highest BCUT2D eigenvalue weighted by molar-refractivity contribution is 7.89. The quantitative estimate of drug-likeness (QED) is 0.795. The van der Waals surface area contributed by atoms with E-state index in [1.165, 1.54) is 35.2 Å². The molecule has 3 rings (SSSR count).